The smallest absolute Gasteiger partial charge is 0.317 e. The number of hydrogen-bond acceptors (Lipinski definition) is 4. The van der Waals surface area contributed by atoms with Gasteiger partial charge in [0, 0.05) is 38.3 Å². The van der Waals surface area contributed by atoms with Crippen LogP contribution in [0.5, 0.6) is 0 Å². The van der Waals surface area contributed by atoms with Gasteiger partial charge in [-0.2, -0.15) is 10.5 Å². The summed E-state index contributed by atoms with van der Waals surface area (Å²) in [5.74, 6) is 0. The Hall–Kier alpha value is -2.48. The van der Waals surface area contributed by atoms with Crippen LogP contribution < -0.4 is 10.6 Å². The number of amides is 4. The first-order valence-electron chi connectivity index (χ1n) is 9.99. The van der Waals surface area contributed by atoms with E-state index in [1.807, 2.05) is 17.0 Å². The van der Waals surface area contributed by atoms with E-state index in [1.165, 1.54) is 11.3 Å². The van der Waals surface area contributed by atoms with Gasteiger partial charge in [-0.3, -0.25) is 0 Å². The Morgan fingerprint density at radius 1 is 0.889 bits per heavy atom. The number of likely N-dealkylation sites (tertiary alicyclic amines) is 1. The highest BCUT2D eigenvalue weighted by Gasteiger charge is 2.26. The molecule has 1 heterocycles. The number of piperidine rings is 1. The number of nitrogens with one attached hydrogen (secondary N) is 2. The molecule has 2 N–H and O–H groups in total. The van der Waals surface area contributed by atoms with Gasteiger partial charge in [-0.1, -0.05) is 0 Å². The molecule has 0 bridgehead atoms. The summed E-state index contributed by atoms with van der Waals surface area (Å²) < 4.78 is 0. The first-order chi connectivity index (χ1) is 13.1. The Bertz CT molecular complexity index is 550. The summed E-state index contributed by atoms with van der Waals surface area (Å²) in [6, 6.07) is 4.15. The zero-order valence-electron chi connectivity index (χ0n) is 16.0. The Kier molecular flexibility index (Phi) is 8.70. The number of nitriles is 2. The van der Waals surface area contributed by atoms with Gasteiger partial charge in [0.05, 0.1) is 25.0 Å². The Balaban J connectivity index is 1.72. The molecule has 0 radical (unpaired) electrons. The number of carbonyl (C=O) groups is 2. The Labute approximate surface area is 161 Å². The van der Waals surface area contributed by atoms with Crippen LogP contribution in [0.1, 0.15) is 57.8 Å². The minimum absolute atomic E-state index is 0.0429. The lowest BCUT2D eigenvalue weighted by molar-refractivity contribution is 0.174. The van der Waals surface area contributed by atoms with Crippen LogP contribution in [0.3, 0.4) is 0 Å². The van der Waals surface area contributed by atoms with Gasteiger partial charge < -0.3 is 20.4 Å². The highest BCUT2D eigenvalue weighted by Crippen LogP contribution is 2.20. The van der Waals surface area contributed by atoms with Crippen molar-refractivity contribution < 1.29 is 9.59 Å². The molecule has 0 aromatic carbocycles. The van der Waals surface area contributed by atoms with Crippen LogP contribution in [-0.4, -0.2) is 60.1 Å². The van der Waals surface area contributed by atoms with Crippen molar-refractivity contribution in [3.63, 3.8) is 0 Å². The molecule has 2 fully saturated rings. The molecule has 1 aliphatic carbocycles. The SMILES string of the molecule is N#CCCN(CCC#N)C(=O)NC1CCC(NC(=O)N2CCCCC2)CC1. The van der Waals surface area contributed by atoms with Gasteiger partial charge in [-0.25, -0.2) is 9.59 Å². The van der Waals surface area contributed by atoms with Gasteiger partial charge >= 0.3 is 12.1 Å². The lowest BCUT2D eigenvalue weighted by Gasteiger charge is -2.33. The molecule has 2 rings (SSSR count). The van der Waals surface area contributed by atoms with Crippen LogP contribution >= 0.6 is 0 Å². The second kappa shape index (κ2) is 11.3. The molecule has 0 spiro atoms. The van der Waals surface area contributed by atoms with Crippen molar-refractivity contribution in [2.24, 2.45) is 0 Å². The molecule has 0 atom stereocenters. The summed E-state index contributed by atoms with van der Waals surface area (Å²) in [6.07, 6.45) is 7.22. The van der Waals surface area contributed by atoms with Crippen LogP contribution in [0.4, 0.5) is 9.59 Å². The molecule has 8 heteroatoms. The maximum absolute atomic E-state index is 12.4. The summed E-state index contributed by atoms with van der Waals surface area (Å²) in [6.45, 7) is 2.37. The third-order valence-electron chi connectivity index (χ3n) is 5.30. The largest absolute Gasteiger partial charge is 0.335 e. The zero-order chi connectivity index (χ0) is 19.5. The molecule has 2 aliphatic rings. The van der Waals surface area contributed by atoms with Gasteiger partial charge in [0.2, 0.25) is 0 Å². The molecule has 148 valence electrons. The first-order valence-corrected chi connectivity index (χ1v) is 9.99. The van der Waals surface area contributed by atoms with Crippen LogP contribution in [-0.2, 0) is 0 Å². The van der Waals surface area contributed by atoms with Crippen LogP contribution in [0.25, 0.3) is 0 Å². The number of carbonyl (C=O) groups excluding carboxylic acids is 2. The summed E-state index contributed by atoms with van der Waals surface area (Å²) in [5, 5.41) is 23.6. The molecular weight excluding hydrogens is 344 g/mol. The third-order valence-corrected chi connectivity index (χ3v) is 5.30. The van der Waals surface area contributed by atoms with Crippen LogP contribution in [0.2, 0.25) is 0 Å². The second-order valence-corrected chi connectivity index (χ2v) is 7.30. The van der Waals surface area contributed by atoms with E-state index in [9.17, 15) is 9.59 Å². The zero-order valence-corrected chi connectivity index (χ0v) is 16.0. The van der Waals surface area contributed by atoms with E-state index in [-0.39, 0.29) is 37.0 Å². The third kappa shape index (κ3) is 6.97. The van der Waals surface area contributed by atoms with Crippen LogP contribution in [0.15, 0.2) is 0 Å². The first kappa shape index (κ1) is 20.8. The van der Waals surface area contributed by atoms with E-state index in [2.05, 4.69) is 10.6 Å². The lowest BCUT2D eigenvalue weighted by Crippen LogP contribution is -2.51. The molecule has 27 heavy (non-hydrogen) atoms. The highest BCUT2D eigenvalue weighted by molar-refractivity contribution is 5.75. The summed E-state index contributed by atoms with van der Waals surface area (Å²) in [7, 11) is 0. The second-order valence-electron chi connectivity index (χ2n) is 7.30. The van der Waals surface area contributed by atoms with E-state index in [0.717, 1.165) is 51.6 Å². The fraction of sp³-hybridized carbons (Fsp3) is 0.789. The number of nitrogens with zero attached hydrogens (tertiary/aromatic N) is 4. The molecule has 1 aliphatic heterocycles. The summed E-state index contributed by atoms with van der Waals surface area (Å²) in [5.41, 5.74) is 0. The molecule has 1 saturated carbocycles. The van der Waals surface area contributed by atoms with Crippen LogP contribution in [0, 0.1) is 22.7 Å². The van der Waals surface area contributed by atoms with E-state index in [0.29, 0.717) is 13.1 Å². The average Bonchev–Trinajstić information content (AvgIpc) is 2.70. The minimum atomic E-state index is -0.207. The van der Waals surface area contributed by atoms with Crippen molar-refractivity contribution in [3.05, 3.63) is 0 Å². The van der Waals surface area contributed by atoms with Crippen molar-refractivity contribution in [1.82, 2.24) is 20.4 Å². The van der Waals surface area contributed by atoms with Gasteiger partial charge in [-0.15, -0.1) is 0 Å². The molecular formula is C19H30N6O2. The maximum atomic E-state index is 12.4. The van der Waals surface area contributed by atoms with E-state index < -0.39 is 0 Å². The van der Waals surface area contributed by atoms with E-state index in [4.69, 9.17) is 10.5 Å². The Morgan fingerprint density at radius 3 is 1.93 bits per heavy atom. The fourth-order valence-corrected chi connectivity index (χ4v) is 3.70. The molecule has 0 aromatic rings. The van der Waals surface area contributed by atoms with Crippen molar-refractivity contribution >= 4 is 12.1 Å². The van der Waals surface area contributed by atoms with E-state index >= 15 is 0 Å². The van der Waals surface area contributed by atoms with Gasteiger partial charge in [0.25, 0.3) is 0 Å². The predicted octanol–water partition coefficient (Wildman–Crippen LogP) is 2.33. The quantitative estimate of drug-likeness (QED) is 0.743. The van der Waals surface area contributed by atoms with Crippen molar-refractivity contribution in [1.29, 1.82) is 10.5 Å². The summed E-state index contributed by atoms with van der Waals surface area (Å²) >= 11 is 0. The number of hydrogen-bond donors (Lipinski definition) is 2. The predicted molar refractivity (Wildman–Crippen MR) is 101 cm³/mol. The lowest BCUT2D eigenvalue weighted by atomic mass is 9.91. The molecule has 4 amide bonds. The molecule has 8 nitrogen and oxygen atoms in total. The molecule has 0 unspecified atom stereocenters. The maximum Gasteiger partial charge on any atom is 0.317 e. The summed E-state index contributed by atoms with van der Waals surface area (Å²) in [4.78, 5) is 28.2. The van der Waals surface area contributed by atoms with Crippen molar-refractivity contribution in [2.75, 3.05) is 26.2 Å². The number of rotatable bonds is 6. The van der Waals surface area contributed by atoms with Crippen molar-refractivity contribution in [2.45, 2.75) is 69.9 Å². The monoisotopic (exact) mass is 374 g/mol. The van der Waals surface area contributed by atoms with Crippen molar-refractivity contribution in [3.8, 4) is 12.1 Å². The van der Waals surface area contributed by atoms with Gasteiger partial charge in [0.1, 0.15) is 0 Å². The van der Waals surface area contributed by atoms with E-state index in [1.54, 1.807) is 0 Å². The topological polar surface area (TPSA) is 112 Å². The standard InChI is InChI=1S/C19H30N6O2/c20-10-4-14-25(15-5-11-21)19(27)23-17-8-6-16(7-9-17)22-18(26)24-12-2-1-3-13-24/h16-17H,1-9,12-15H2,(H,22,26)(H,23,27). The minimum Gasteiger partial charge on any atom is -0.335 e. The molecule has 1 saturated heterocycles. The Morgan fingerprint density at radius 2 is 1.41 bits per heavy atom. The molecule has 0 aromatic heterocycles. The van der Waals surface area contributed by atoms with Gasteiger partial charge in [-0.05, 0) is 44.9 Å². The fourth-order valence-electron chi connectivity index (χ4n) is 3.70. The normalized spacial score (nSPS) is 22.2. The highest BCUT2D eigenvalue weighted by atomic mass is 16.2. The van der Waals surface area contributed by atoms with Gasteiger partial charge in [0.15, 0.2) is 0 Å². The number of urea groups is 2. The average molecular weight is 374 g/mol.